The molecule has 28 heavy (non-hydrogen) atoms. The molecule has 3 aliphatic rings. The summed E-state index contributed by atoms with van der Waals surface area (Å²) in [5.74, 6) is 0.796. The zero-order valence-electron chi connectivity index (χ0n) is 18.4. The van der Waals surface area contributed by atoms with E-state index >= 15 is 0 Å². The van der Waals surface area contributed by atoms with Crippen molar-refractivity contribution in [1.82, 2.24) is 4.90 Å². The van der Waals surface area contributed by atoms with Gasteiger partial charge in [0.1, 0.15) is 5.75 Å². The van der Waals surface area contributed by atoms with Crippen LogP contribution in [0.1, 0.15) is 63.1 Å². The van der Waals surface area contributed by atoms with E-state index in [0.717, 1.165) is 37.8 Å². The summed E-state index contributed by atoms with van der Waals surface area (Å²) in [6.07, 6.45) is 5.08. The van der Waals surface area contributed by atoms with Crippen molar-refractivity contribution in [2.24, 2.45) is 16.7 Å². The van der Waals surface area contributed by atoms with Gasteiger partial charge in [0, 0.05) is 11.5 Å². The van der Waals surface area contributed by atoms with Crippen LogP contribution in [0.15, 0.2) is 12.1 Å². The number of carbonyl (C=O) groups excluding carboxylic acids is 1. The van der Waals surface area contributed by atoms with Gasteiger partial charge in [-0.2, -0.15) is 0 Å². The molecule has 2 aliphatic carbocycles. The van der Waals surface area contributed by atoms with Crippen molar-refractivity contribution in [3.05, 3.63) is 28.8 Å². The number of likely N-dealkylation sites (tertiary alicyclic amines) is 1. The molecule has 1 saturated heterocycles. The number of hydrogen-bond acceptors (Lipinski definition) is 3. The second-order valence-corrected chi connectivity index (χ2v) is 10.4. The number of benzene rings is 1. The van der Waals surface area contributed by atoms with Crippen LogP contribution in [0.2, 0.25) is 6.82 Å². The molecule has 4 rings (SSSR count). The van der Waals surface area contributed by atoms with Crippen molar-refractivity contribution in [2.45, 2.75) is 78.1 Å². The topological polar surface area (TPSA) is 40.5 Å². The molecule has 151 valence electrons. The van der Waals surface area contributed by atoms with Gasteiger partial charge in [-0.1, -0.05) is 33.7 Å². The fraction of sp³-hybridized carbons (Fsp3) is 0.708. The van der Waals surface area contributed by atoms with Crippen molar-refractivity contribution in [2.75, 3.05) is 13.6 Å². The van der Waals surface area contributed by atoms with E-state index in [1.807, 2.05) is 12.9 Å². The highest BCUT2D eigenvalue weighted by Gasteiger charge is 2.69. The summed E-state index contributed by atoms with van der Waals surface area (Å²) in [5, 5.41) is 10.6. The number of phenols is 1. The predicted octanol–water partition coefficient (Wildman–Crippen LogP) is 4.31. The molecular formula is C24H35BNO2. The fourth-order valence-corrected chi connectivity index (χ4v) is 7.74. The van der Waals surface area contributed by atoms with Gasteiger partial charge < -0.3 is 14.8 Å². The minimum absolute atomic E-state index is 0.00803. The minimum atomic E-state index is -0.00940. The summed E-state index contributed by atoms with van der Waals surface area (Å²) < 4.78 is 0. The van der Waals surface area contributed by atoms with Crippen molar-refractivity contribution in [1.29, 1.82) is 0 Å². The van der Waals surface area contributed by atoms with Gasteiger partial charge in [0.2, 0.25) is 0 Å². The number of piperidine rings is 1. The molecule has 1 radical (unpaired) electrons. The Bertz CT molecular complexity index is 819. The SMILES string of the molecule is C[B]C(=O)CC1CCC2(C)[C@H]3Cc4ccc(O)c(C)c4[C@@]2(CCN3C)C1(C)C. The summed E-state index contributed by atoms with van der Waals surface area (Å²) in [5.41, 5.74) is 4.29. The summed E-state index contributed by atoms with van der Waals surface area (Å²) in [6, 6.07) is 4.56. The number of aromatic hydroxyl groups is 1. The van der Waals surface area contributed by atoms with Crippen LogP contribution >= 0.6 is 0 Å². The quantitative estimate of drug-likeness (QED) is 0.795. The Morgan fingerprint density at radius 1 is 1.29 bits per heavy atom. The lowest BCUT2D eigenvalue weighted by Crippen LogP contribution is -2.72. The van der Waals surface area contributed by atoms with Gasteiger partial charge in [-0.15, -0.1) is 0 Å². The van der Waals surface area contributed by atoms with Crippen LogP contribution in [0, 0.1) is 23.7 Å². The highest BCUT2D eigenvalue weighted by molar-refractivity contribution is 6.72. The Balaban J connectivity index is 1.98. The number of nitrogens with zero attached hydrogens (tertiary/aromatic N) is 1. The molecule has 4 heteroatoms. The molecule has 1 aliphatic heterocycles. The van der Waals surface area contributed by atoms with Gasteiger partial charge in [0.05, 0.1) is 5.68 Å². The van der Waals surface area contributed by atoms with E-state index in [0.29, 0.717) is 24.1 Å². The van der Waals surface area contributed by atoms with E-state index in [4.69, 9.17) is 0 Å². The van der Waals surface area contributed by atoms with Crippen LogP contribution in [-0.4, -0.2) is 42.6 Å². The largest absolute Gasteiger partial charge is 0.508 e. The molecule has 0 spiro atoms. The number of carbonyl (C=O) groups is 1. The lowest BCUT2D eigenvalue weighted by molar-refractivity contribution is -0.160. The summed E-state index contributed by atoms with van der Waals surface area (Å²) in [7, 11) is 4.03. The lowest BCUT2D eigenvalue weighted by Gasteiger charge is -2.72. The highest BCUT2D eigenvalue weighted by Crippen LogP contribution is 2.71. The average molecular weight is 380 g/mol. The van der Waals surface area contributed by atoms with Crippen LogP contribution in [0.3, 0.4) is 0 Å². The van der Waals surface area contributed by atoms with E-state index in [9.17, 15) is 9.90 Å². The van der Waals surface area contributed by atoms with E-state index in [1.165, 1.54) is 11.1 Å². The van der Waals surface area contributed by atoms with Crippen LogP contribution in [0.5, 0.6) is 5.75 Å². The molecule has 2 unspecified atom stereocenters. The maximum absolute atomic E-state index is 12.4. The van der Waals surface area contributed by atoms with Crippen molar-refractivity contribution < 1.29 is 9.90 Å². The molecule has 1 aromatic carbocycles. The maximum atomic E-state index is 12.4. The average Bonchev–Trinajstić information content (AvgIpc) is 2.64. The maximum Gasteiger partial charge on any atom is 0.198 e. The molecule has 0 aromatic heterocycles. The Morgan fingerprint density at radius 2 is 2.00 bits per heavy atom. The summed E-state index contributed by atoms with van der Waals surface area (Å²) in [6.45, 7) is 12.4. The molecule has 3 nitrogen and oxygen atoms in total. The third kappa shape index (κ3) is 2.30. The van der Waals surface area contributed by atoms with Gasteiger partial charge in [-0.3, -0.25) is 0 Å². The van der Waals surface area contributed by atoms with Gasteiger partial charge in [0.25, 0.3) is 0 Å². The fourth-order valence-electron chi connectivity index (χ4n) is 7.74. The predicted molar refractivity (Wildman–Crippen MR) is 115 cm³/mol. The monoisotopic (exact) mass is 380 g/mol. The second-order valence-electron chi connectivity index (χ2n) is 10.4. The molecule has 1 heterocycles. The van der Waals surface area contributed by atoms with Crippen LogP contribution < -0.4 is 0 Å². The minimum Gasteiger partial charge on any atom is -0.508 e. The first-order chi connectivity index (χ1) is 13.1. The zero-order valence-corrected chi connectivity index (χ0v) is 18.4. The summed E-state index contributed by atoms with van der Waals surface area (Å²) in [4.78, 5) is 15.0. The molecule has 2 fully saturated rings. The number of fused-ring (bicyclic) bond motifs is 1. The number of likely N-dealkylation sites (N-methyl/N-ethyl adjacent to an activating group) is 1. The molecule has 1 saturated carbocycles. The van der Waals surface area contributed by atoms with Gasteiger partial charge >= 0.3 is 0 Å². The number of hydrogen-bond donors (Lipinski definition) is 1. The van der Waals surface area contributed by atoms with Crippen LogP contribution in [0.4, 0.5) is 0 Å². The van der Waals surface area contributed by atoms with E-state index in [-0.39, 0.29) is 21.9 Å². The molecule has 4 atom stereocenters. The number of phenolic OH excluding ortho intramolecular Hbond substituents is 1. The third-order valence-corrected chi connectivity index (χ3v) is 9.35. The van der Waals surface area contributed by atoms with E-state index < -0.39 is 0 Å². The standard InChI is InChI=1S/C24H35BNO2/c1-15-18(27)8-7-16-13-19-23(4)10-9-17(14-20(28)25-5)22(2,3)24(23,21(15)16)11-12-26(19)6/h7-8,17,19,27H,9-14H2,1-6H3/t17?,19-,23?,24+/m1/s1. The smallest absolute Gasteiger partial charge is 0.198 e. The van der Waals surface area contributed by atoms with Gasteiger partial charge in [0.15, 0.2) is 7.28 Å². The lowest BCUT2D eigenvalue weighted by atomic mass is 9.35. The van der Waals surface area contributed by atoms with Crippen molar-refractivity contribution in [3.8, 4) is 5.75 Å². The van der Waals surface area contributed by atoms with Gasteiger partial charge in [-0.25, -0.2) is 0 Å². The third-order valence-electron chi connectivity index (χ3n) is 9.35. The Hall–Kier alpha value is -1.29. The van der Waals surface area contributed by atoms with E-state index in [2.05, 4.69) is 45.7 Å². The second kappa shape index (κ2) is 6.36. The summed E-state index contributed by atoms with van der Waals surface area (Å²) >= 11 is 0. The molecule has 0 amide bonds. The first kappa shape index (κ1) is 20.0. The molecule has 1 N–H and O–H groups in total. The molecule has 1 aromatic rings. The van der Waals surface area contributed by atoms with Crippen LogP contribution in [0.25, 0.3) is 0 Å². The Labute approximate surface area is 171 Å². The number of rotatable bonds is 3. The first-order valence-electron chi connectivity index (χ1n) is 10.9. The Morgan fingerprint density at radius 3 is 2.68 bits per heavy atom. The first-order valence-corrected chi connectivity index (χ1v) is 10.9. The van der Waals surface area contributed by atoms with E-state index in [1.54, 1.807) is 7.28 Å². The molecule has 2 bridgehead atoms. The highest BCUT2D eigenvalue weighted by atomic mass is 16.3. The van der Waals surface area contributed by atoms with Crippen LogP contribution in [-0.2, 0) is 16.6 Å². The van der Waals surface area contributed by atoms with Crippen molar-refractivity contribution >= 4 is 13.0 Å². The molecular weight excluding hydrogens is 345 g/mol. The normalized spacial score (nSPS) is 36.4. The van der Waals surface area contributed by atoms with Crippen molar-refractivity contribution in [3.63, 3.8) is 0 Å². The Kier molecular flexibility index (Phi) is 4.54. The zero-order chi connectivity index (χ0) is 20.5. The van der Waals surface area contributed by atoms with Gasteiger partial charge in [-0.05, 0) is 92.1 Å².